The summed E-state index contributed by atoms with van der Waals surface area (Å²) in [5.74, 6) is 2.91. The van der Waals surface area contributed by atoms with E-state index in [1.807, 2.05) is 4.90 Å². The van der Waals surface area contributed by atoms with Crippen LogP contribution in [-0.4, -0.2) is 66.8 Å². The molecule has 0 aromatic carbocycles. The van der Waals surface area contributed by atoms with Gasteiger partial charge < -0.3 is 24.2 Å². The first-order valence-electron chi connectivity index (χ1n) is 17.2. The number of rotatable bonds is 4. The largest absolute Gasteiger partial charge is 0.390 e. The van der Waals surface area contributed by atoms with Crippen LogP contribution in [0, 0.1) is 56.7 Å². The lowest BCUT2D eigenvalue weighted by molar-refractivity contribution is -0.248. The fraction of sp³-hybridized carbons (Fsp3) is 0.971. The maximum atomic E-state index is 12.8. The Hall–Kier alpha value is -0.690. The standard InChI is InChI=1S/C35H57NO5/c1-21(2)18-26(37)36-15-17-39-27(19-36)41-25-10-12-34-20-35(34)14-13-32(6)28-22(3)11-16-40-29(28)30(38)33(32,7)24(35)9-8-23(34)31(25,4)5/h21-25,27-30,38H,8-20H2,1-7H3/t22-,23+,24?,25?,27+,28+,29?,30+,32?,33-,34?,35?/m1/s1. The molecule has 1 amide bonds. The monoisotopic (exact) mass is 571 g/mol. The molecule has 0 aromatic heterocycles. The summed E-state index contributed by atoms with van der Waals surface area (Å²) in [5.41, 5.74) is 0.882. The second kappa shape index (κ2) is 9.41. The molecule has 1 N–H and O–H groups in total. The molecule has 6 unspecified atom stereocenters. The van der Waals surface area contributed by atoms with Gasteiger partial charge >= 0.3 is 0 Å². The highest BCUT2D eigenvalue weighted by molar-refractivity contribution is 5.76. The van der Waals surface area contributed by atoms with E-state index in [1.54, 1.807) is 0 Å². The van der Waals surface area contributed by atoms with Crippen molar-refractivity contribution in [2.24, 2.45) is 56.7 Å². The number of aliphatic hydroxyl groups excluding tert-OH is 1. The van der Waals surface area contributed by atoms with E-state index in [9.17, 15) is 9.90 Å². The molecule has 12 atom stereocenters. The molecule has 7 aliphatic rings. The smallest absolute Gasteiger partial charge is 0.223 e. The average Bonchev–Trinajstić information content (AvgIpc) is 3.55. The number of nitrogens with zero attached hydrogens (tertiary/aromatic N) is 1. The zero-order valence-electron chi connectivity index (χ0n) is 26.9. The number of morpholine rings is 1. The minimum atomic E-state index is -0.353. The van der Waals surface area contributed by atoms with Gasteiger partial charge in [0.2, 0.25) is 5.91 Å². The van der Waals surface area contributed by atoms with Gasteiger partial charge in [0.1, 0.15) is 0 Å². The molecular weight excluding hydrogens is 514 g/mol. The summed E-state index contributed by atoms with van der Waals surface area (Å²) in [6.45, 7) is 19.2. The summed E-state index contributed by atoms with van der Waals surface area (Å²) < 4.78 is 19.3. The second-order valence-corrected chi connectivity index (χ2v) is 17.2. The van der Waals surface area contributed by atoms with E-state index in [0.29, 0.717) is 66.5 Å². The number of amides is 1. The highest BCUT2D eigenvalue weighted by atomic mass is 16.7. The Bertz CT molecular complexity index is 1060. The molecule has 0 bridgehead atoms. The lowest BCUT2D eigenvalue weighted by Gasteiger charge is -2.63. The lowest BCUT2D eigenvalue weighted by atomic mass is 9.41. The van der Waals surface area contributed by atoms with Crippen LogP contribution in [0.25, 0.3) is 0 Å². The summed E-state index contributed by atoms with van der Waals surface area (Å²) in [6, 6.07) is 0. The van der Waals surface area contributed by atoms with Gasteiger partial charge in [-0.2, -0.15) is 0 Å². The Kier molecular flexibility index (Phi) is 6.66. The molecule has 2 heterocycles. The van der Waals surface area contributed by atoms with Gasteiger partial charge in [-0.25, -0.2) is 0 Å². The summed E-state index contributed by atoms with van der Waals surface area (Å²) >= 11 is 0. The molecule has 2 spiro atoms. The van der Waals surface area contributed by atoms with Crippen molar-refractivity contribution in [3.8, 4) is 0 Å². The molecule has 5 saturated carbocycles. The summed E-state index contributed by atoms with van der Waals surface area (Å²) in [4.78, 5) is 14.7. The highest BCUT2D eigenvalue weighted by Gasteiger charge is 2.84. The number of hydrogen-bond acceptors (Lipinski definition) is 5. The molecule has 7 fully saturated rings. The van der Waals surface area contributed by atoms with Crippen LogP contribution >= 0.6 is 0 Å². The van der Waals surface area contributed by atoms with Crippen LogP contribution < -0.4 is 0 Å². The van der Waals surface area contributed by atoms with E-state index in [-0.39, 0.29) is 46.8 Å². The van der Waals surface area contributed by atoms with Crippen molar-refractivity contribution < 1.29 is 24.1 Å². The fourth-order valence-electron chi connectivity index (χ4n) is 13.0. The normalized spacial score (nSPS) is 53.5. The van der Waals surface area contributed by atoms with Gasteiger partial charge in [0.05, 0.1) is 31.5 Å². The number of hydrogen-bond donors (Lipinski definition) is 1. The third-order valence-electron chi connectivity index (χ3n) is 15.0. The van der Waals surface area contributed by atoms with Crippen LogP contribution in [0.1, 0.15) is 106 Å². The Balaban J connectivity index is 1.10. The van der Waals surface area contributed by atoms with Gasteiger partial charge in [0.15, 0.2) is 6.29 Å². The van der Waals surface area contributed by atoms with Crippen molar-refractivity contribution in [2.45, 2.75) is 131 Å². The van der Waals surface area contributed by atoms with Gasteiger partial charge in [-0.1, -0.05) is 48.5 Å². The maximum absolute atomic E-state index is 12.8. The van der Waals surface area contributed by atoms with Gasteiger partial charge in [0.25, 0.3) is 0 Å². The Morgan fingerprint density at radius 2 is 1.71 bits per heavy atom. The van der Waals surface area contributed by atoms with E-state index in [0.717, 1.165) is 19.4 Å². The van der Waals surface area contributed by atoms with E-state index in [2.05, 4.69) is 48.5 Å². The van der Waals surface area contributed by atoms with Gasteiger partial charge in [-0.15, -0.1) is 0 Å². The molecule has 41 heavy (non-hydrogen) atoms. The molecule has 2 saturated heterocycles. The first-order chi connectivity index (χ1) is 19.3. The molecule has 0 radical (unpaired) electrons. The summed E-state index contributed by atoms with van der Waals surface area (Å²) in [5, 5.41) is 12.1. The average molecular weight is 572 g/mol. The molecule has 5 aliphatic carbocycles. The minimum absolute atomic E-state index is 0.0133. The zero-order valence-corrected chi connectivity index (χ0v) is 26.9. The lowest BCUT2D eigenvalue weighted by Crippen LogP contribution is -2.60. The van der Waals surface area contributed by atoms with Crippen molar-refractivity contribution in [1.29, 1.82) is 0 Å². The van der Waals surface area contributed by atoms with E-state index < -0.39 is 0 Å². The molecule has 0 aromatic rings. The van der Waals surface area contributed by atoms with Crippen molar-refractivity contribution in [3.05, 3.63) is 0 Å². The molecular formula is C35H57NO5. The van der Waals surface area contributed by atoms with Gasteiger partial charge in [0, 0.05) is 25.0 Å². The van der Waals surface area contributed by atoms with E-state index in [4.69, 9.17) is 14.2 Å². The first-order valence-corrected chi connectivity index (χ1v) is 17.2. The number of aliphatic hydroxyl groups is 1. The number of ether oxygens (including phenoxy) is 3. The fourth-order valence-corrected chi connectivity index (χ4v) is 13.0. The van der Waals surface area contributed by atoms with E-state index in [1.165, 1.54) is 38.5 Å². The maximum Gasteiger partial charge on any atom is 0.223 e. The number of carbonyl (C=O) groups excluding carboxylic acids is 1. The molecule has 2 aliphatic heterocycles. The van der Waals surface area contributed by atoms with Crippen LogP contribution in [0.5, 0.6) is 0 Å². The predicted molar refractivity (Wildman–Crippen MR) is 158 cm³/mol. The molecule has 6 heteroatoms. The van der Waals surface area contributed by atoms with Gasteiger partial charge in [-0.3, -0.25) is 4.79 Å². The second-order valence-electron chi connectivity index (χ2n) is 17.2. The Morgan fingerprint density at radius 1 is 0.976 bits per heavy atom. The van der Waals surface area contributed by atoms with Gasteiger partial charge in [-0.05, 0) is 103 Å². The van der Waals surface area contributed by atoms with Crippen LogP contribution in [0.2, 0.25) is 0 Å². The summed E-state index contributed by atoms with van der Waals surface area (Å²) in [6.07, 6.45) is 9.85. The van der Waals surface area contributed by atoms with Crippen molar-refractivity contribution in [2.75, 3.05) is 26.3 Å². The zero-order chi connectivity index (χ0) is 29.2. The van der Waals surface area contributed by atoms with Crippen LogP contribution in [0.3, 0.4) is 0 Å². The van der Waals surface area contributed by atoms with Crippen LogP contribution in [0.4, 0.5) is 0 Å². The Labute approximate surface area is 248 Å². The number of fused-ring (bicyclic) bond motifs is 4. The van der Waals surface area contributed by atoms with Crippen molar-refractivity contribution in [3.63, 3.8) is 0 Å². The van der Waals surface area contributed by atoms with Crippen LogP contribution in [-0.2, 0) is 19.0 Å². The first kappa shape index (κ1) is 29.0. The molecule has 7 rings (SSSR count). The predicted octanol–water partition coefficient (Wildman–Crippen LogP) is 6.05. The van der Waals surface area contributed by atoms with Crippen molar-refractivity contribution >= 4 is 5.91 Å². The Morgan fingerprint density at radius 3 is 2.46 bits per heavy atom. The summed E-state index contributed by atoms with van der Waals surface area (Å²) in [7, 11) is 0. The topological polar surface area (TPSA) is 68.2 Å². The SMILES string of the molecule is CC(C)CC(=O)N1CCO[C@@H](OC2CCC34CC35CCC3(C)[C@@H]6C(OCC[C@H]6C)[C@H](O)[C@@]3(C)C5CC[C@H]4C2(C)C)C1. The highest BCUT2D eigenvalue weighted by Crippen LogP contribution is 2.89. The third kappa shape index (κ3) is 3.72. The third-order valence-corrected chi connectivity index (χ3v) is 15.0. The van der Waals surface area contributed by atoms with Crippen molar-refractivity contribution in [1.82, 2.24) is 4.90 Å². The van der Waals surface area contributed by atoms with Crippen LogP contribution in [0.15, 0.2) is 0 Å². The number of carbonyl (C=O) groups is 1. The quantitative estimate of drug-likeness (QED) is 0.445. The minimum Gasteiger partial charge on any atom is -0.390 e. The molecule has 232 valence electrons. The van der Waals surface area contributed by atoms with E-state index >= 15 is 0 Å². The molecule has 6 nitrogen and oxygen atoms in total.